The van der Waals surface area contributed by atoms with Crippen molar-refractivity contribution in [1.29, 1.82) is 0 Å². The van der Waals surface area contributed by atoms with Gasteiger partial charge in [-0.3, -0.25) is 4.79 Å². The number of carbonyl (C=O) groups excluding carboxylic acids is 1. The number of nitrogens with one attached hydrogen (secondary N) is 1. The summed E-state index contributed by atoms with van der Waals surface area (Å²) in [5, 5.41) is 3.07. The molecule has 106 valence electrons. The summed E-state index contributed by atoms with van der Waals surface area (Å²) >= 11 is 0. The Morgan fingerprint density at radius 1 is 1.26 bits per heavy atom. The fraction of sp³-hybridized carbons (Fsp3) is 0.533. The third kappa shape index (κ3) is 6.25. The maximum Gasteiger partial charge on any atom is 0.320 e. The van der Waals surface area contributed by atoms with Crippen molar-refractivity contribution in [3.63, 3.8) is 0 Å². The van der Waals surface area contributed by atoms with Crippen LogP contribution in [0.25, 0.3) is 0 Å². The van der Waals surface area contributed by atoms with E-state index in [1.807, 2.05) is 52.0 Å². The van der Waals surface area contributed by atoms with Crippen molar-refractivity contribution in [3.05, 3.63) is 29.8 Å². The molecule has 0 radical (unpaired) electrons. The van der Waals surface area contributed by atoms with Gasteiger partial charge in [0.1, 0.15) is 11.4 Å². The van der Waals surface area contributed by atoms with Crippen molar-refractivity contribution in [2.24, 2.45) is 0 Å². The minimum atomic E-state index is -0.442. The Hall–Kier alpha value is -1.55. The first kappa shape index (κ1) is 15.5. The molecule has 19 heavy (non-hydrogen) atoms. The molecule has 0 heterocycles. The first-order valence-electron chi connectivity index (χ1n) is 6.55. The maximum atomic E-state index is 11.5. The van der Waals surface area contributed by atoms with Crippen molar-refractivity contribution < 1.29 is 14.3 Å². The van der Waals surface area contributed by atoms with Crippen LogP contribution in [0.1, 0.15) is 33.3 Å². The monoisotopic (exact) mass is 265 g/mol. The summed E-state index contributed by atoms with van der Waals surface area (Å²) in [5.74, 6) is 0.600. The quantitative estimate of drug-likeness (QED) is 0.803. The second-order valence-corrected chi connectivity index (χ2v) is 5.23. The third-order valence-electron chi connectivity index (χ3n) is 2.28. The number of ether oxygens (including phenoxy) is 2. The zero-order valence-electron chi connectivity index (χ0n) is 12.2. The average molecular weight is 265 g/mol. The van der Waals surface area contributed by atoms with Gasteiger partial charge in [0.15, 0.2) is 0 Å². The molecule has 1 rings (SSSR count). The van der Waals surface area contributed by atoms with Gasteiger partial charge in [0.25, 0.3) is 0 Å². The summed E-state index contributed by atoms with van der Waals surface area (Å²) in [5.41, 5.74) is 0.593. The van der Waals surface area contributed by atoms with Crippen molar-refractivity contribution in [1.82, 2.24) is 5.32 Å². The molecule has 4 heteroatoms. The molecule has 0 atom stereocenters. The van der Waals surface area contributed by atoms with Crippen LogP contribution in [0.5, 0.6) is 5.75 Å². The highest BCUT2D eigenvalue weighted by molar-refractivity contribution is 5.72. The topological polar surface area (TPSA) is 47.6 Å². The van der Waals surface area contributed by atoms with Crippen molar-refractivity contribution in [3.8, 4) is 5.75 Å². The van der Waals surface area contributed by atoms with Crippen LogP contribution < -0.4 is 10.1 Å². The van der Waals surface area contributed by atoms with E-state index >= 15 is 0 Å². The molecular formula is C15H23NO3. The van der Waals surface area contributed by atoms with Gasteiger partial charge >= 0.3 is 5.97 Å². The molecule has 0 amide bonds. The largest absolute Gasteiger partial charge is 0.494 e. The minimum Gasteiger partial charge on any atom is -0.494 e. The smallest absolute Gasteiger partial charge is 0.320 e. The maximum absolute atomic E-state index is 11.5. The van der Waals surface area contributed by atoms with E-state index in [0.29, 0.717) is 13.2 Å². The van der Waals surface area contributed by atoms with E-state index < -0.39 is 5.60 Å². The fourth-order valence-corrected chi connectivity index (χ4v) is 1.62. The van der Waals surface area contributed by atoms with Gasteiger partial charge in [-0.25, -0.2) is 0 Å². The number of esters is 1. The van der Waals surface area contributed by atoms with Gasteiger partial charge < -0.3 is 14.8 Å². The average Bonchev–Trinajstić information content (AvgIpc) is 2.29. The van der Waals surface area contributed by atoms with E-state index in [-0.39, 0.29) is 12.5 Å². The van der Waals surface area contributed by atoms with E-state index in [2.05, 4.69) is 5.32 Å². The van der Waals surface area contributed by atoms with E-state index in [0.717, 1.165) is 11.3 Å². The molecule has 4 nitrogen and oxygen atoms in total. The first-order valence-corrected chi connectivity index (χ1v) is 6.55. The van der Waals surface area contributed by atoms with Crippen LogP contribution in [0.15, 0.2) is 24.3 Å². The number of carbonyl (C=O) groups is 1. The van der Waals surface area contributed by atoms with E-state index in [1.54, 1.807) is 0 Å². The fourth-order valence-electron chi connectivity index (χ4n) is 1.62. The molecule has 0 spiro atoms. The van der Waals surface area contributed by atoms with Gasteiger partial charge in [0.2, 0.25) is 0 Å². The Labute approximate surface area is 115 Å². The molecule has 0 unspecified atom stereocenters. The van der Waals surface area contributed by atoms with Gasteiger partial charge in [-0.15, -0.1) is 0 Å². The van der Waals surface area contributed by atoms with Crippen LogP contribution in [0, 0.1) is 0 Å². The molecule has 0 bridgehead atoms. The zero-order valence-corrected chi connectivity index (χ0v) is 12.2. The minimum absolute atomic E-state index is 0.192. The molecule has 1 N–H and O–H groups in total. The van der Waals surface area contributed by atoms with Crippen molar-refractivity contribution >= 4 is 5.97 Å². The Bertz CT molecular complexity index is 410. The van der Waals surface area contributed by atoms with Crippen molar-refractivity contribution in [2.45, 2.75) is 39.8 Å². The third-order valence-corrected chi connectivity index (χ3v) is 2.28. The Kier molecular flexibility index (Phi) is 5.83. The molecule has 0 saturated heterocycles. The molecular weight excluding hydrogens is 242 g/mol. The highest BCUT2D eigenvalue weighted by Crippen LogP contribution is 2.17. The number of para-hydroxylation sites is 1. The number of hydrogen-bond donors (Lipinski definition) is 1. The summed E-state index contributed by atoms with van der Waals surface area (Å²) in [7, 11) is 0. The number of benzene rings is 1. The Morgan fingerprint density at radius 3 is 2.58 bits per heavy atom. The predicted octanol–water partition coefficient (Wildman–Crippen LogP) is 2.52. The Balaban J connectivity index is 2.43. The molecule has 0 aliphatic heterocycles. The standard InChI is InChI=1S/C15H23NO3/c1-5-18-13-9-7-6-8-12(13)10-16-11-14(17)19-15(2,3)4/h6-9,16H,5,10-11H2,1-4H3. The molecule has 0 fully saturated rings. The number of rotatable bonds is 6. The van der Waals surface area contributed by atoms with E-state index in [4.69, 9.17) is 9.47 Å². The molecule has 1 aromatic rings. The SMILES string of the molecule is CCOc1ccccc1CNCC(=O)OC(C)(C)C. The normalized spacial score (nSPS) is 11.2. The predicted molar refractivity (Wildman–Crippen MR) is 75.2 cm³/mol. The van der Waals surface area contributed by atoms with Crippen LogP contribution in [-0.4, -0.2) is 24.7 Å². The lowest BCUT2D eigenvalue weighted by atomic mass is 10.2. The van der Waals surface area contributed by atoms with Gasteiger partial charge in [0, 0.05) is 12.1 Å². The summed E-state index contributed by atoms with van der Waals surface area (Å²) in [4.78, 5) is 11.5. The van der Waals surface area contributed by atoms with Gasteiger partial charge in [-0.1, -0.05) is 18.2 Å². The number of hydrogen-bond acceptors (Lipinski definition) is 4. The van der Waals surface area contributed by atoms with Crippen LogP contribution in [0.3, 0.4) is 0 Å². The lowest BCUT2D eigenvalue weighted by Crippen LogP contribution is -2.31. The van der Waals surface area contributed by atoms with Crippen LogP contribution in [0.2, 0.25) is 0 Å². The summed E-state index contributed by atoms with van der Waals surface area (Å²) < 4.78 is 10.7. The molecule has 0 aliphatic rings. The second-order valence-electron chi connectivity index (χ2n) is 5.23. The summed E-state index contributed by atoms with van der Waals surface area (Å²) in [6, 6.07) is 7.79. The van der Waals surface area contributed by atoms with E-state index in [9.17, 15) is 4.79 Å². The van der Waals surface area contributed by atoms with Crippen LogP contribution in [-0.2, 0) is 16.1 Å². The highest BCUT2D eigenvalue weighted by atomic mass is 16.6. The van der Waals surface area contributed by atoms with Gasteiger partial charge in [-0.2, -0.15) is 0 Å². The highest BCUT2D eigenvalue weighted by Gasteiger charge is 2.15. The summed E-state index contributed by atoms with van der Waals surface area (Å²) in [6.45, 7) is 8.92. The first-order chi connectivity index (χ1) is 8.92. The van der Waals surface area contributed by atoms with Crippen molar-refractivity contribution in [2.75, 3.05) is 13.2 Å². The van der Waals surface area contributed by atoms with E-state index in [1.165, 1.54) is 0 Å². The molecule has 0 aliphatic carbocycles. The molecule has 1 aromatic carbocycles. The Morgan fingerprint density at radius 2 is 1.95 bits per heavy atom. The van der Waals surface area contributed by atoms with Crippen LogP contribution >= 0.6 is 0 Å². The molecule has 0 saturated carbocycles. The summed E-state index contributed by atoms with van der Waals surface area (Å²) in [6.07, 6.45) is 0. The van der Waals surface area contributed by atoms with Gasteiger partial charge in [0.05, 0.1) is 13.2 Å². The lowest BCUT2D eigenvalue weighted by molar-refractivity contribution is -0.153. The van der Waals surface area contributed by atoms with Crippen LogP contribution in [0.4, 0.5) is 0 Å². The second kappa shape index (κ2) is 7.14. The molecule has 0 aromatic heterocycles. The zero-order chi connectivity index (χ0) is 14.3. The van der Waals surface area contributed by atoms with Gasteiger partial charge in [-0.05, 0) is 33.8 Å². The lowest BCUT2D eigenvalue weighted by Gasteiger charge is -2.19.